The smallest absolute Gasteiger partial charge is 0.268 e. The summed E-state index contributed by atoms with van der Waals surface area (Å²) in [6.45, 7) is 0. The maximum atomic E-state index is 13.2. The van der Waals surface area contributed by atoms with Crippen LogP contribution in [0.5, 0.6) is 0 Å². The molecule has 0 bridgehead atoms. The molecule has 5 nitrogen and oxygen atoms in total. The first kappa shape index (κ1) is 14.1. The second kappa shape index (κ2) is 5.14. The third-order valence-corrected chi connectivity index (χ3v) is 2.95. The van der Waals surface area contributed by atoms with Crippen LogP contribution in [0.15, 0.2) is 53.3 Å². The van der Waals surface area contributed by atoms with Crippen molar-refractivity contribution in [2.24, 2.45) is 0 Å². The number of alkyl halides is 3. The number of aromatic nitrogens is 4. The van der Waals surface area contributed by atoms with Gasteiger partial charge in [0.2, 0.25) is 0 Å². The lowest BCUT2D eigenvalue weighted by atomic mass is 10.1. The summed E-state index contributed by atoms with van der Waals surface area (Å²) in [6, 6.07) is 11.7. The number of benzene rings is 1. The van der Waals surface area contributed by atoms with E-state index in [9.17, 15) is 18.0 Å². The molecule has 0 aliphatic heterocycles. The minimum atomic E-state index is -4.60. The summed E-state index contributed by atoms with van der Waals surface area (Å²) >= 11 is 0. The predicted octanol–water partition coefficient (Wildman–Crippen LogP) is 2.64. The monoisotopic (exact) mass is 306 g/mol. The number of H-pyrrole nitrogens is 1. The number of halogens is 3. The van der Waals surface area contributed by atoms with E-state index in [1.54, 1.807) is 30.3 Å². The number of nitrogens with one attached hydrogen (secondary N) is 1. The van der Waals surface area contributed by atoms with Gasteiger partial charge in [-0.2, -0.15) is 23.4 Å². The fourth-order valence-corrected chi connectivity index (χ4v) is 1.96. The second-order valence-corrected chi connectivity index (χ2v) is 4.47. The van der Waals surface area contributed by atoms with Crippen LogP contribution >= 0.6 is 0 Å². The second-order valence-electron chi connectivity index (χ2n) is 4.47. The first-order valence-electron chi connectivity index (χ1n) is 6.24. The van der Waals surface area contributed by atoms with Crippen molar-refractivity contribution in [2.75, 3.05) is 0 Å². The van der Waals surface area contributed by atoms with Crippen molar-refractivity contribution >= 4 is 0 Å². The van der Waals surface area contributed by atoms with Crippen molar-refractivity contribution in [1.29, 1.82) is 0 Å². The number of nitrogens with zero attached hydrogens (tertiary/aromatic N) is 3. The largest absolute Gasteiger partial charge is 0.433 e. The Bertz CT molecular complexity index is 832. The van der Waals surface area contributed by atoms with Crippen LogP contribution in [0.2, 0.25) is 0 Å². The summed E-state index contributed by atoms with van der Waals surface area (Å²) < 4.78 is 40.2. The van der Waals surface area contributed by atoms with Crippen LogP contribution in [-0.2, 0) is 6.18 Å². The molecule has 0 aliphatic carbocycles. The molecule has 2 heterocycles. The Morgan fingerprint density at radius 1 is 1.05 bits per heavy atom. The molecule has 1 N–H and O–H groups in total. The Labute approximate surface area is 122 Å². The third kappa shape index (κ3) is 2.62. The molecule has 0 atom stereocenters. The van der Waals surface area contributed by atoms with E-state index in [1.165, 1.54) is 6.07 Å². The summed E-state index contributed by atoms with van der Waals surface area (Å²) in [4.78, 5) is 11.0. The molecule has 0 spiro atoms. The number of rotatable bonds is 2. The molecule has 0 saturated heterocycles. The molecule has 0 fully saturated rings. The van der Waals surface area contributed by atoms with E-state index in [0.29, 0.717) is 10.2 Å². The molecule has 0 unspecified atom stereocenters. The van der Waals surface area contributed by atoms with Crippen LogP contribution in [0.4, 0.5) is 13.2 Å². The molecular weight excluding hydrogens is 297 g/mol. The molecule has 0 saturated carbocycles. The Hall–Kier alpha value is -2.90. The minimum Gasteiger partial charge on any atom is -0.268 e. The lowest BCUT2D eigenvalue weighted by Crippen LogP contribution is -2.16. The normalized spacial score (nSPS) is 11.6. The molecular formula is C14H9F3N4O. The van der Waals surface area contributed by atoms with Crippen LogP contribution in [-0.4, -0.2) is 20.0 Å². The molecule has 8 heteroatoms. The van der Waals surface area contributed by atoms with Crippen molar-refractivity contribution in [2.45, 2.75) is 6.18 Å². The van der Waals surface area contributed by atoms with Crippen molar-refractivity contribution in [3.63, 3.8) is 0 Å². The van der Waals surface area contributed by atoms with Gasteiger partial charge in [-0.1, -0.05) is 30.3 Å². The SMILES string of the molecule is O=c1ccc(-n2nc(-c3ccccc3)cc2C(F)(F)F)n[nH]1. The summed E-state index contributed by atoms with van der Waals surface area (Å²) in [5.74, 6) is -0.117. The number of aromatic amines is 1. The highest BCUT2D eigenvalue weighted by Gasteiger charge is 2.36. The molecule has 0 aliphatic rings. The van der Waals surface area contributed by atoms with Gasteiger partial charge in [0.25, 0.3) is 5.56 Å². The average molecular weight is 306 g/mol. The lowest BCUT2D eigenvalue weighted by molar-refractivity contribution is -0.142. The molecule has 1 aromatic carbocycles. The first-order chi connectivity index (χ1) is 10.4. The van der Waals surface area contributed by atoms with Crippen LogP contribution in [0, 0.1) is 0 Å². The molecule has 22 heavy (non-hydrogen) atoms. The van der Waals surface area contributed by atoms with Crippen molar-refractivity contribution in [3.05, 3.63) is 64.6 Å². The van der Waals surface area contributed by atoms with Gasteiger partial charge in [0.1, 0.15) is 0 Å². The zero-order chi connectivity index (χ0) is 15.7. The van der Waals surface area contributed by atoms with Crippen LogP contribution in [0.1, 0.15) is 5.69 Å². The van der Waals surface area contributed by atoms with Crippen LogP contribution < -0.4 is 5.56 Å². The lowest BCUT2D eigenvalue weighted by Gasteiger charge is -2.08. The van der Waals surface area contributed by atoms with E-state index in [0.717, 1.165) is 12.1 Å². The van der Waals surface area contributed by atoms with Crippen LogP contribution in [0.3, 0.4) is 0 Å². The fourth-order valence-electron chi connectivity index (χ4n) is 1.96. The third-order valence-electron chi connectivity index (χ3n) is 2.95. The van der Waals surface area contributed by atoms with Crippen molar-refractivity contribution in [1.82, 2.24) is 20.0 Å². The Morgan fingerprint density at radius 3 is 2.36 bits per heavy atom. The first-order valence-corrected chi connectivity index (χ1v) is 6.24. The standard InChI is InChI=1S/C14H9F3N4O/c15-14(16,17)11-8-10(9-4-2-1-3-5-9)20-21(11)12-6-7-13(22)19-18-12/h1-8H,(H,19,22). The Morgan fingerprint density at radius 2 is 1.77 bits per heavy atom. The van der Waals surface area contributed by atoms with E-state index in [-0.39, 0.29) is 11.5 Å². The quantitative estimate of drug-likeness (QED) is 0.791. The highest BCUT2D eigenvalue weighted by atomic mass is 19.4. The van der Waals surface area contributed by atoms with Gasteiger partial charge < -0.3 is 0 Å². The molecule has 3 aromatic rings. The van der Waals surface area contributed by atoms with Crippen molar-refractivity contribution < 1.29 is 13.2 Å². The van der Waals surface area contributed by atoms with E-state index in [1.807, 2.05) is 0 Å². The maximum absolute atomic E-state index is 13.2. The van der Waals surface area contributed by atoms with Gasteiger partial charge in [-0.05, 0) is 12.1 Å². The maximum Gasteiger partial charge on any atom is 0.433 e. The summed E-state index contributed by atoms with van der Waals surface area (Å²) in [6.07, 6.45) is -4.60. The van der Waals surface area contributed by atoms with Gasteiger partial charge in [0.05, 0.1) is 5.69 Å². The van der Waals surface area contributed by atoms with Gasteiger partial charge >= 0.3 is 6.18 Å². The molecule has 0 amide bonds. The highest BCUT2D eigenvalue weighted by molar-refractivity contribution is 5.59. The highest BCUT2D eigenvalue weighted by Crippen LogP contribution is 2.33. The Kier molecular flexibility index (Phi) is 3.28. The van der Waals surface area contributed by atoms with E-state index >= 15 is 0 Å². The van der Waals surface area contributed by atoms with E-state index in [2.05, 4.69) is 15.3 Å². The summed E-state index contributed by atoms with van der Waals surface area (Å²) in [5, 5.41) is 9.64. The van der Waals surface area contributed by atoms with Gasteiger partial charge in [-0.3, -0.25) is 4.79 Å². The molecule has 3 rings (SSSR count). The molecule has 112 valence electrons. The molecule has 0 radical (unpaired) electrons. The van der Waals surface area contributed by atoms with Crippen LogP contribution in [0.25, 0.3) is 17.1 Å². The number of hydrogen-bond acceptors (Lipinski definition) is 3. The van der Waals surface area contributed by atoms with E-state index in [4.69, 9.17) is 0 Å². The van der Waals surface area contributed by atoms with Crippen molar-refractivity contribution in [3.8, 4) is 17.1 Å². The predicted molar refractivity (Wildman–Crippen MR) is 72.4 cm³/mol. The van der Waals surface area contributed by atoms with Gasteiger partial charge in [0.15, 0.2) is 11.5 Å². The van der Waals surface area contributed by atoms with Gasteiger partial charge in [-0.25, -0.2) is 9.78 Å². The zero-order valence-corrected chi connectivity index (χ0v) is 11.0. The summed E-state index contributed by atoms with van der Waals surface area (Å²) in [5.41, 5.74) is -0.754. The summed E-state index contributed by atoms with van der Waals surface area (Å²) in [7, 11) is 0. The average Bonchev–Trinajstić information content (AvgIpc) is 2.94. The number of hydrogen-bond donors (Lipinski definition) is 1. The van der Waals surface area contributed by atoms with Gasteiger partial charge in [-0.15, -0.1) is 0 Å². The fraction of sp³-hybridized carbons (Fsp3) is 0.0714. The zero-order valence-electron chi connectivity index (χ0n) is 11.0. The molecule has 2 aromatic heterocycles. The Balaban J connectivity index is 2.18. The topological polar surface area (TPSA) is 63.6 Å². The van der Waals surface area contributed by atoms with E-state index < -0.39 is 17.4 Å². The minimum absolute atomic E-state index is 0.117. The van der Waals surface area contributed by atoms with Gasteiger partial charge in [0, 0.05) is 11.6 Å².